The molecule has 7 N–H and O–H groups in total. The van der Waals surface area contributed by atoms with Crippen LogP contribution in [0.4, 0.5) is 16.2 Å². The number of β-amino-alcohol motifs (C(OH)–C–C–N with tert-alkyl or cyclic N) is 1. The molecule has 3 saturated carbocycles. The SMILES string of the molecule is Cc1cc(S(=O)(=O)NC(=O)c2ccc(N3CCN(CC4=C(C56CC(C)(C5)C6)CC(C)(C)CC4)CC3)cc2)ccc1N[C@H](CCN1CCN(C(=O)NCCOCCOCCNC(=O)CCC(=O)N[C@H](C(=O)N2C[C@H](O)C[C@H]2C(=O)NCc2ccc(-c3ocnc3C)cc2)C(C)(C)C)CC1)CSc1ccccc1. The van der Waals surface area contributed by atoms with E-state index in [1.807, 2.05) is 68.4 Å². The van der Waals surface area contributed by atoms with Crippen molar-refractivity contribution >= 4 is 68.7 Å². The molecular weight excluding hydrogens is 1390 g/mol. The number of aliphatic hydroxyl groups excluding tert-OH is 1. The Morgan fingerprint density at radius 2 is 1.44 bits per heavy atom. The summed E-state index contributed by atoms with van der Waals surface area (Å²) in [6.07, 6.45) is 8.84. The van der Waals surface area contributed by atoms with Gasteiger partial charge in [0.1, 0.15) is 12.1 Å². The van der Waals surface area contributed by atoms with Gasteiger partial charge in [-0.1, -0.05) is 95.2 Å². The Kier molecular flexibility index (Phi) is 26.2. The van der Waals surface area contributed by atoms with E-state index in [-0.39, 0.29) is 93.8 Å². The second kappa shape index (κ2) is 35.0. The number of anilines is 2. The van der Waals surface area contributed by atoms with Crippen molar-refractivity contribution in [1.82, 2.24) is 50.6 Å². The number of nitrogens with zero attached hydrogens (tertiary/aromatic N) is 6. The Hall–Kier alpha value is -7.85. The van der Waals surface area contributed by atoms with E-state index in [1.54, 1.807) is 78.9 Å². The summed E-state index contributed by atoms with van der Waals surface area (Å²) in [5.74, 6) is -1.06. The molecule has 12 rings (SSSR count). The number of piperazine rings is 2. The highest BCUT2D eigenvalue weighted by atomic mass is 32.2. The van der Waals surface area contributed by atoms with E-state index in [2.05, 4.69) is 83.9 Å². The predicted octanol–water partition coefficient (Wildman–Crippen LogP) is 8.92. The molecule has 6 fully saturated rings. The smallest absolute Gasteiger partial charge is 0.317 e. The summed E-state index contributed by atoms with van der Waals surface area (Å²) in [6, 6.07) is 27.7. The third kappa shape index (κ3) is 20.9. The molecule has 2 bridgehead atoms. The van der Waals surface area contributed by atoms with Gasteiger partial charge >= 0.3 is 6.03 Å². The Labute approximate surface area is 629 Å². The van der Waals surface area contributed by atoms with Crippen LogP contribution in [0.1, 0.15) is 133 Å². The number of amides is 7. The highest BCUT2D eigenvalue weighted by Gasteiger charge is 2.67. The summed E-state index contributed by atoms with van der Waals surface area (Å²) >= 11 is 1.75. The molecule has 0 unspecified atom stereocenters. The lowest BCUT2D eigenvalue weighted by molar-refractivity contribution is -0.167. The van der Waals surface area contributed by atoms with Gasteiger partial charge < -0.3 is 60.3 Å². The number of aliphatic hydroxyl groups is 1. The molecule has 4 aromatic carbocycles. The first kappa shape index (κ1) is 79.2. The van der Waals surface area contributed by atoms with E-state index in [0.717, 1.165) is 90.1 Å². The molecule has 3 saturated heterocycles. The molecule has 1 aromatic heterocycles. The van der Waals surface area contributed by atoms with Crippen LogP contribution in [0.2, 0.25) is 0 Å². The number of carbonyl (C=O) groups excluding carboxylic acids is 6. The van der Waals surface area contributed by atoms with E-state index in [0.29, 0.717) is 54.7 Å². The maximum atomic E-state index is 14.1. The first-order valence-electron chi connectivity index (χ1n) is 37.7. The van der Waals surface area contributed by atoms with Crippen molar-refractivity contribution < 1.29 is 56.2 Å². The predicted molar refractivity (Wildman–Crippen MR) is 410 cm³/mol. The van der Waals surface area contributed by atoms with E-state index in [9.17, 15) is 42.3 Å². The van der Waals surface area contributed by atoms with E-state index >= 15 is 0 Å². The first-order chi connectivity index (χ1) is 50.6. The van der Waals surface area contributed by atoms with Gasteiger partial charge in [0, 0.05) is 150 Å². The largest absolute Gasteiger partial charge is 0.443 e. The number of carbonyl (C=O) groups is 6. The zero-order valence-electron chi connectivity index (χ0n) is 63.1. The number of urea groups is 1. The third-order valence-electron chi connectivity index (χ3n) is 21.9. The molecule has 3 aliphatic heterocycles. The van der Waals surface area contributed by atoms with Gasteiger partial charge in [0.15, 0.2) is 12.2 Å². The number of ether oxygens (including phenoxy) is 2. The normalized spacial score (nSPS) is 21.7. The maximum Gasteiger partial charge on any atom is 0.317 e. The van der Waals surface area contributed by atoms with E-state index in [1.165, 1.54) is 49.8 Å². The lowest BCUT2D eigenvalue weighted by Crippen LogP contribution is -2.61. The van der Waals surface area contributed by atoms with Crippen molar-refractivity contribution in [3.63, 3.8) is 0 Å². The van der Waals surface area contributed by atoms with Gasteiger partial charge in [-0.2, -0.15) is 0 Å². The van der Waals surface area contributed by atoms with Crippen LogP contribution in [0.25, 0.3) is 11.3 Å². The van der Waals surface area contributed by atoms with Crippen LogP contribution in [-0.2, 0) is 45.2 Å². The minimum Gasteiger partial charge on any atom is -0.443 e. The second-order valence-corrected chi connectivity index (χ2v) is 34.9. The number of benzene rings is 4. The van der Waals surface area contributed by atoms with Gasteiger partial charge in [0.25, 0.3) is 15.9 Å². The number of oxazole rings is 1. The lowest BCUT2D eigenvalue weighted by atomic mass is 9.33. The highest BCUT2D eigenvalue weighted by Crippen LogP contribution is 2.77. The van der Waals surface area contributed by atoms with Crippen LogP contribution >= 0.6 is 11.8 Å². The van der Waals surface area contributed by atoms with Gasteiger partial charge in [0.2, 0.25) is 23.6 Å². The number of sulfonamides is 1. The van der Waals surface area contributed by atoms with Gasteiger partial charge in [-0.3, -0.25) is 33.8 Å². The molecule has 0 spiro atoms. The highest BCUT2D eigenvalue weighted by molar-refractivity contribution is 7.99. The number of aryl methyl sites for hydroxylation is 2. The summed E-state index contributed by atoms with van der Waals surface area (Å²) in [7, 11) is -4.19. The summed E-state index contributed by atoms with van der Waals surface area (Å²) in [4.78, 5) is 95.9. The van der Waals surface area contributed by atoms with Crippen LogP contribution in [0.15, 0.2) is 129 Å². The number of hydrogen-bond acceptors (Lipinski definition) is 18. The number of rotatable bonds is 33. The fourth-order valence-electron chi connectivity index (χ4n) is 16.0. The van der Waals surface area contributed by atoms with Gasteiger partial charge in [-0.05, 0) is 146 Å². The molecule has 24 nitrogen and oxygen atoms in total. The Morgan fingerprint density at radius 1 is 0.774 bits per heavy atom. The summed E-state index contributed by atoms with van der Waals surface area (Å²) < 4.78 is 46.7. The summed E-state index contributed by atoms with van der Waals surface area (Å²) in [5, 5.41) is 25.7. The zero-order valence-corrected chi connectivity index (χ0v) is 64.7. The molecule has 0 radical (unpaired) electrons. The van der Waals surface area contributed by atoms with Crippen LogP contribution < -0.4 is 36.2 Å². The van der Waals surface area contributed by atoms with E-state index < -0.39 is 57.3 Å². The number of thioether (sulfide) groups is 1. The van der Waals surface area contributed by atoms with Gasteiger partial charge in [-0.25, -0.2) is 22.9 Å². The molecule has 4 heterocycles. The number of hydrogen-bond donors (Lipinski definition) is 7. The molecule has 574 valence electrons. The van der Waals surface area contributed by atoms with Gasteiger partial charge in [-0.15, -0.1) is 11.8 Å². The maximum absolute atomic E-state index is 14.1. The Morgan fingerprint density at radius 3 is 2.09 bits per heavy atom. The first-order valence-corrected chi connectivity index (χ1v) is 40.2. The second-order valence-electron chi connectivity index (χ2n) is 32.1. The lowest BCUT2D eigenvalue weighted by Gasteiger charge is -2.72. The van der Waals surface area contributed by atoms with Crippen molar-refractivity contribution in [2.75, 3.05) is 127 Å². The Balaban J connectivity index is 0.539. The van der Waals surface area contributed by atoms with Gasteiger partial charge in [0.05, 0.1) is 43.1 Å². The number of nitrogens with one attached hydrogen (secondary N) is 6. The molecule has 26 heteroatoms. The average Bonchev–Trinajstić information content (AvgIpc) is 0.766. The van der Waals surface area contributed by atoms with E-state index in [4.69, 9.17) is 13.9 Å². The van der Waals surface area contributed by atoms with Crippen molar-refractivity contribution in [2.24, 2.45) is 21.7 Å². The summed E-state index contributed by atoms with van der Waals surface area (Å²) in [5.41, 5.74) is 9.47. The monoisotopic (exact) mass is 1490 g/mol. The fourth-order valence-corrected chi connectivity index (χ4v) is 18.1. The molecule has 7 amide bonds. The standard InChI is InChI=1S/C80H110N12O12S2/c1-55-44-65(106(100,101)87-73(96)59-18-20-62(21-19-59)90-36-34-89(35-37-90)48-60-26-28-78(6,7)46-66(60)80-51-79(8,52-80)53-80)22-23-67(55)85-61(50-105-64-12-10-9-11-13-64)27-31-88-32-38-91(39-33-88)76(99)82-30-41-103-43-42-102-40-29-81-69(94)24-25-70(95)86-72(77(3,4)5)75(98)92-49-63(93)45-68(92)74(97)83-47-57-14-16-58(17-15-57)71-56(2)84-54-104-71/h9-23,44,54,61,63,68,72,85,93H,24-43,45-53H2,1-8H3,(H,81,94)(H,82,99)(H,83,97)(H,86,95)(H,87,96)/t61-,63-,68+,72-,79?,80?/m1/s1. The van der Waals surface area contributed by atoms with Crippen molar-refractivity contribution in [3.05, 3.63) is 137 Å². The number of allylic oxidation sites excluding steroid dienone is 1. The quantitative estimate of drug-likeness (QED) is 0.0117. The van der Waals surface area contributed by atoms with Crippen LogP contribution in [0.5, 0.6) is 0 Å². The topological polar surface area (TPSA) is 290 Å². The molecular formula is C80H110N12O12S2. The Bertz CT molecular complexity index is 4000. The fraction of sp³-hybridized carbons (Fsp3) is 0.562. The third-order valence-corrected chi connectivity index (χ3v) is 24.4. The van der Waals surface area contributed by atoms with Crippen LogP contribution in [-0.4, -0.2) is 215 Å². The molecule has 4 atom stereocenters. The number of aromatic nitrogens is 1. The van der Waals surface area contributed by atoms with Crippen molar-refractivity contribution in [3.8, 4) is 11.3 Å². The zero-order chi connectivity index (χ0) is 75.4. The van der Waals surface area contributed by atoms with Crippen molar-refractivity contribution in [2.45, 2.75) is 160 Å². The molecule has 5 aromatic rings. The molecule has 4 aliphatic carbocycles. The van der Waals surface area contributed by atoms with Crippen LogP contribution in [0.3, 0.4) is 0 Å². The summed E-state index contributed by atoms with van der Waals surface area (Å²) in [6.45, 7) is 26.3. The number of likely N-dealkylation sites (tertiary alicyclic amines) is 1. The average molecular weight is 1500 g/mol. The molecule has 7 aliphatic rings. The molecule has 106 heavy (non-hydrogen) atoms. The van der Waals surface area contributed by atoms with Crippen LogP contribution in [0, 0.1) is 35.5 Å². The minimum atomic E-state index is -4.19. The minimum absolute atomic E-state index is 0.00607. The van der Waals surface area contributed by atoms with Crippen molar-refractivity contribution in [1.29, 1.82) is 0 Å².